The molecule has 0 spiro atoms. The molecule has 0 amide bonds. The van der Waals surface area contributed by atoms with Crippen LogP contribution in [0.1, 0.15) is 60.5 Å². The Kier molecular flexibility index (Phi) is 12.1. The monoisotopic (exact) mass is 858 g/mol. The van der Waals surface area contributed by atoms with Crippen LogP contribution in [0.25, 0.3) is 22.2 Å². The molecule has 17 heteroatoms. The summed E-state index contributed by atoms with van der Waals surface area (Å²) in [7, 11) is -4.35. The Hall–Kier alpha value is -5.52. The number of aromatic nitrogens is 3. The number of alkyl halides is 1. The molecular formula is C44H49F3N8O5S. The normalized spacial score (nSPS) is 18.9. The molecule has 3 aliphatic rings. The fraction of sp³-hybridized carbons (Fsp3) is 0.409. The summed E-state index contributed by atoms with van der Waals surface area (Å²) in [4.78, 5) is 44.5. The van der Waals surface area contributed by atoms with Crippen molar-refractivity contribution in [1.29, 1.82) is 0 Å². The maximum absolute atomic E-state index is 15.7. The number of aromatic amines is 1. The van der Waals surface area contributed by atoms with E-state index in [9.17, 15) is 27.5 Å². The highest BCUT2D eigenvalue weighted by Crippen LogP contribution is 2.33. The second-order valence-electron chi connectivity index (χ2n) is 16.6. The Labute approximate surface area is 352 Å². The Balaban J connectivity index is 0.873. The molecule has 0 bridgehead atoms. The number of nitrogens with one attached hydrogen (secondary N) is 2. The molecule has 2 aromatic carbocycles. The van der Waals surface area contributed by atoms with Crippen LogP contribution < -0.4 is 14.5 Å². The minimum absolute atomic E-state index is 0.00763. The van der Waals surface area contributed by atoms with Crippen LogP contribution in [0.2, 0.25) is 0 Å². The maximum atomic E-state index is 15.7. The Morgan fingerprint density at radius 1 is 0.885 bits per heavy atom. The molecule has 61 heavy (non-hydrogen) atoms. The number of nitrogens with zero attached hydrogens (tertiary/aromatic N) is 6. The lowest BCUT2D eigenvalue weighted by Gasteiger charge is -2.40. The fourth-order valence-electron chi connectivity index (χ4n) is 8.83. The van der Waals surface area contributed by atoms with E-state index in [1.54, 1.807) is 18.5 Å². The number of carbonyl (C=O) groups is 2. The molecule has 322 valence electrons. The lowest BCUT2D eigenvalue weighted by molar-refractivity contribution is -0.139. The van der Waals surface area contributed by atoms with Gasteiger partial charge < -0.3 is 19.9 Å². The van der Waals surface area contributed by atoms with Gasteiger partial charge in [-0.15, -0.1) is 0 Å². The highest BCUT2D eigenvalue weighted by Gasteiger charge is 2.33. The van der Waals surface area contributed by atoms with Crippen molar-refractivity contribution < 1.29 is 36.3 Å². The molecule has 1 unspecified atom stereocenters. The van der Waals surface area contributed by atoms with Gasteiger partial charge >= 0.3 is 16.2 Å². The third kappa shape index (κ3) is 8.95. The number of piperazine rings is 1. The summed E-state index contributed by atoms with van der Waals surface area (Å²) in [6.07, 6.45) is 7.27. The molecular weight excluding hydrogens is 810 g/mol. The molecule has 3 N–H and O–H groups in total. The van der Waals surface area contributed by atoms with E-state index < -0.39 is 56.9 Å². The standard InChI is InChI=1S/C44H49F3N8O5S/c1-27(2)39(44(57)58)31-19-34(23-48-21-31)54-17-15-52(16-18-54)25-28-9-12-53(13-10-28)33-5-3-29(4-6-33)30-20-35-36(24-50-43(35)49-22-30)42(56)40-37(46)7-8-38(41(40)47)51-61(59,60)55-14-11-32(45)26-55/h3-8,19-24,27-28,32,39,51H,9-18,25-26H2,1-2H3,(H,49,50)(H,57,58)/t32-,39?/m1/s1. The lowest BCUT2D eigenvalue weighted by Crippen LogP contribution is -2.49. The number of pyridine rings is 2. The summed E-state index contributed by atoms with van der Waals surface area (Å²) in [6, 6.07) is 13.5. The average molecular weight is 859 g/mol. The molecule has 3 aliphatic heterocycles. The molecule has 8 rings (SSSR count). The van der Waals surface area contributed by atoms with Gasteiger partial charge in [0.2, 0.25) is 5.78 Å². The van der Waals surface area contributed by atoms with Gasteiger partial charge in [-0.25, -0.2) is 18.2 Å². The number of carboxylic acid groups (broad SMARTS) is 1. The molecule has 6 heterocycles. The first kappa shape index (κ1) is 42.2. The smallest absolute Gasteiger partial charge is 0.311 e. The van der Waals surface area contributed by atoms with E-state index in [2.05, 4.69) is 41.8 Å². The molecule has 3 fully saturated rings. The number of hydrogen-bond donors (Lipinski definition) is 3. The lowest BCUT2D eigenvalue weighted by atomic mass is 9.89. The first-order valence-electron chi connectivity index (χ1n) is 20.7. The second kappa shape index (κ2) is 17.5. The van der Waals surface area contributed by atoms with Crippen LogP contribution in [0, 0.1) is 23.5 Å². The fourth-order valence-corrected chi connectivity index (χ4v) is 10.1. The quantitative estimate of drug-likeness (QED) is 0.109. The minimum Gasteiger partial charge on any atom is -0.481 e. The summed E-state index contributed by atoms with van der Waals surface area (Å²) in [5, 5.41) is 10.1. The first-order valence-corrected chi connectivity index (χ1v) is 22.1. The molecule has 3 saturated heterocycles. The second-order valence-corrected chi connectivity index (χ2v) is 18.3. The molecule has 3 aromatic heterocycles. The van der Waals surface area contributed by atoms with Gasteiger partial charge in [-0.05, 0) is 78.6 Å². The van der Waals surface area contributed by atoms with E-state index in [0.717, 1.165) is 97.6 Å². The van der Waals surface area contributed by atoms with Crippen LogP contribution in [0.5, 0.6) is 0 Å². The Morgan fingerprint density at radius 2 is 1.61 bits per heavy atom. The van der Waals surface area contributed by atoms with E-state index in [4.69, 9.17) is 0 Å². The summed E-state index contributed by atoms with van der Waals surface area (Å²) in [6.45, 7) is 9.85. The van der Waals surface area contributed by atoms with E-state index in [-0.39, 0.29) is 31.0 Å². The van der Waals surface area contributed by atoms with Gasteiger partial charge in [0.05, 0.1) is 29.1 Å². The van der Waals surface area contributed by atoms with Gasteiger partial charge in [-0.1, -0.05) is 26.0 Å². The van der Waals surface area contributed by atoms with Crippen molar-refractivity contribution in [2.24, 2.45) is 11.8 Å². The number of rotatable bonds is 13. The average Bonchev–Trinajstić information content (AvgIpc) is 3.89. The van der Waals surface area contributed by atoms with Crippen molar-refractivity contribution >= 4 is 50.1 Å². The van der Waals surface area contributed by atoms with Crippen LogP contribution >= 0.6 is 0 Å². The Morgan fingerprint density at radius 3 is 2.28 bits per heavy atom. The summed E-state index contributed by atoms with van der Waals surface area (Å²) in [5.74, 6) is -4.40. The number of aliphatic carboxylic acids is 1. The van der Waals surface area contributed by atoms with Crippen LogP contribution in [-0.2, 0) is 15.0 Å². The molecule has 0 saturated carbocycles. The van der Waals surface area contributed by atoms with Crippen molar-refractivity contribution in [3.05, 3.63) is 102 Å². The Bertz CT molecular complexity index is 2520. The number of benzene rings is 2. The van der Waals surface area contributed by atoms with Crippen molar-refractivity contribution in [3.63, 3.8) is 0 Å². The maximum Gasteiger partial charge on any atom is 0.311 e. The van der Waals surface area contributed by atoms with E-state index in [0.29, 0.717) is 22.5 Å². The van der Waals surface area contributed by atoms with E-state index >= 15 is 8.78 Å². The third-order valence-electron chi connectivity index (χ3n) is 12.2. The van der Waals surface area contributed by atoms with Crippen molar-refractivity contribution in [3.8, 4) is 11.1 Å². The number of anilines is 3. The van der Waals surface area contributed by atoms with Crippen LogP contribution in [-0.4, -0.2) is 115 Å². The third-order valence-corrected chi connectivity index (χ3v) is 13.7. The van der Waals surface area contributed by atoms with Crippen molar-refractivity contribution in [1.82, 2.24) is 24.2 Å². The predicted molar refractivity (Wildman–Crippen MR) is 228 cm³/mol. The zero-order valence-electron chi connectivity index (χ0n) is 34.0. The van der Waals surface area contributed by atoms with Crippen molar-refractivity contribution in [2.75, 3.05) is 73.4 Å². The summed E-state index contributed by atoms with van der Waals surface area (Å²) < 4.78 is 73.0. The molecule has 0 aliphatic carbocycles. The molecule has 5 aromatic rings. The number of ketones is 1. The summed E-state index contributed by atoms with van der Waals surface area (Å²) in [5.41, 5.74) is 3.08. The number of piperidine rings is 1. The van der Waals surface area contributed by atoms with E-state index in [1.807, 2.05) is 43.0 Å². The van der Waals surface area contributed by atoms with Crippen LogP contribution in [0.3, 0.4) is 0 Å². The van der Waals surface area contributed by atoms with E-state index in [1.165, 1.54) is 6.20 Å². The van der Waals surface area contributed by atoms with Crippen LogP contribution in [0.4, 0.5) is 30.2 Å². The number of halogens is 3. The van der Waals surface area contributed by atoms with Gasteiger partial charge in [0, 0.05) is 99.7 Å². The van der Waals surface area contributed by atoms with Gasteiger partial charge in [-0.2, -0.15) is 12.7 Å². The molecule has 0 radical (unpaired) electrons. The van der Waals surface area contributed by atoms with Gasteiger partial charge in [-0.3, -0.25) is 24.2 Å². The number of fused-ring (bicyclic) bond motifs is 1. The predicted octanol–water partition coefficient (Wildman–Crippen LogP) is 6.70. The number of H-pyrrole nitrogens is 1. The zero-order chi connectivity index (χ0) is 43.0. The highest BCUT2D eigenvalue weighted by molar-refractivity contribution is 7.90. The minimum atomic E-state index is -4.35. The molecule has 13 nitrogen and oxygen atoms in total. The molecule has 2 atom stereocenters. The number of carboxylic acids is 1. The van der Waals surface area contributed by atoms with Gasteiger partial charge in [0.25, 0.3) is 0 Å². The SMILES string of the molecule is CC(C)C(C(=O)O)c1cncc(N2CCN(CC3CCN(c4ccc(-c5cnc6[nH]cc(C(=O)c7c(F)ccc(NS(=O)(=O)N8CC[C@@H](F)C8)c7F)c6c5)cc4)CC3)CC2)c1. The number of carbonyl (C=O) groups excluding carboxylic acids is 1. The van der Waals surface area contributed by atoms with Crippen LogP contribution in [0.15, 0.2) is 73.3 Å². The van der Waals surface area contributed by atoms with Gasteiger partial charge in [0.1, 0.15) is 17.6 Å². The zero-order valence-corrected chi connectivity index (χ0v) is 34.8. The largest absolute Gasteiger partial charge is 0.481 e. The summed E-state index contributed by atoms with van der Waals surface area (Å²) >= 11 is 0. The number of hydrogen-bond acceptors (Lipinski definition) is 9. The first-order chi connectivity index (χ1) is 29.3. The highest BCUT2D eigenvalue weighted by atomic mass is 32.2. The van der Waals surface area contributed by atoms with Crippen molar-refractivity contribution in [2.45, 2.75) is 45.2 Å². The van der Waals surface area contributed by atoms with Gasteiger partial charge in [0.15, 0.2) is 5.82 Å². The topological polar surface area (TPSA) is 155 Å².